The summed E-state index contributed by atoms with van der Waals surface area (Å²) in [7, 11) is 3.53. The molecule has 2 amide bonds. The molecule has 0 radical (unpaired) electrons. The lowest BCUT2D eigenvalue weighted by Crippen LogP contribution is -2.45. The molecule has 4 aliphatic heterocycles. The molecule has 10 rings (SSSR count). The maximum atomic E-state index is 15.2. The molecule has 14 nitrogen and oxygen atoms in total. The monoisotopic (exact) mass is 868 g/mol. The third kappa shape index (κ3) is 7.52. The SMILES string of the molecule is C[C@@H]1CN(c2ncc(Cl)c(Nc3ccc4c(c3)c3c(c(=O)n4C)OCC(F)(F)C(C4CC4)N3)n2)CC[C@H]1CN1CCC(c2ccc3c(C4CCC(=O)NC4=O)nn(C)c3c2)CC1. The maximum absolute atomic E-state index is 15.2. The van der Waals surface area contributed by atoms with Gasteiger partial charge in [0.05, 0.1) is 40.6 Å². The van der Waals surface area contributed by atoms with Crippen LogP contribution in [0.5, 0.6) is 5.75 Å². The number of halogens is 3. The van der Waals surface area contributed by atoms with Gasteiger partial charge in [-0.2, -0.15) is 10.1 Å². The van der Waals surface area contributed by atoms with Crippen molar-refractivity contribution in [3.8, 4) is 5.75 Å². The summed E-state index contributed by atoms with van der Waals surface area (Å²) in [6, 6.07) is 10.8. The number of nitrogens with one attached hydrogen (secondary N) is 3. The topological polar surface area (TPSA) is 152 Å². The predicted molar refractivity (Wildman–Crippen MR) is 234 cm³/mol. The van der Waals surface area contributed by atoms with Gasteiger partial charge in [0.25, 0.3) is 5.56 Å². The van der Waals surface area contributed by atoms with Crippen molar-refractivity contribution in [2.75, 3.05) is 54.9 Å². The van der Waals surface area contributed by atoms with E-state index in [0.29, 0.717) is 76.8 Å². The number of carbonyl (C=O) groups is 2. The van der Waals surface area contributed by atoms with Crippen LogP contribution in [0.4, 0.5) is 31.9 Å². The van der Waals surface area contributed by atoms with Crippen LogP contribution < -0.4 is 31.1 Å². The molecule has 7 heterocycles. The Morgan fingerprint density at radius 1 is 0.968 bits per heavy atom. The van der Waals surface area contributed by atoms with Gasteiger partial charge in [-0.05, 0) is 105 Å². The maximum Gasteiger partial charge on any atom is 0.301 e. The van der Waals surface area contributed by atoms with Gasteiger partial charge >= 0.3 is 5.92 Å². The van der Waals surface area contributed by atoms with Gasteiger partial charge in [0.1, 0.15) is 5.02 Å². The molecule has 2 aromatic carbocycles. The number of hydrogen-bond acceptors (Lipinski definition) is 11. The second-order valence-electron chi connectivity index (χ2n) is 18.1. The lowest BCUT2D eigenvalue weighted by molar-refractivity contribution is -0.134. The van der Waals surface area contributed by atoms with Crippen molar-refractivity contribution in [1.29, 1.82) is 0 Å². The summed E-state index contributed by atoms with van der Waals surface area (Å²) < 4.78 is 39.2. The van der Waals surface area contributed by atoms with Crippen LogP contribution in [0.25, 0.3) is 21.8 Å². The molecule has 326 valence electrons. The Hall–Kier alpha value is -5.35. The molecule has 3 aromatic heterocycles. The van der Waals surface area contributed by atoms with E-state index in [9.17, 15) is 14.4 Å². The first-order valence-corrected chi connectivity index (χ1v) is 22.2. The smallest absolute Gasteiger partial charge is 0.301 e. The zero-order valence-electron chi connectivity index (χ0n) is 35.1. The summed E-state index contributed by atoms with van der Waals surface area (Å²) in [5.41, 5.74) is 4.07. The average Bonchev–Trinajstić information content (AvgIpc) is 4.06. The lowest BCUT2D eigenvalue weighted by Gasteiger charge is -2.41. The van der Waals surface area contributed by atoms with E-state index in [0.717, 1.165) is 68.6 Å². The third-order valence-corrected chi connectivity index (χ3v) is 14.3. The van der Waals surface area contributed by atoms with Gasteiger partial charge in [-0.3, -0.25) is 24.4 Å². The zero-order valence-corrected chi connectivity index (χ0v) is 35.9. The molecule has 17 heteroatoms. The first-order valence-electron chi connectivity index (χ1n) is 21.8. The summed E-state index contributed by atoms with van der Waals surface area (Å²) in [5, 5.41) is 15.5. The number of piperidine rings is 3. The Morgan fingerprint density at radius 3 is 2.53 bits per heavy atom. The second kappa shape index (κ2) is 15.8. The minimum absolute atomic E-state index is 0.104. The highest BCUT2D eigenvalue weighted by molar-refractivity contribution is 6.33. The molecule has 5 aromatic rings. The van der Waals surface area contributed by atoms with Crippen LogP contribution in [0, 0.1) is 17.8 Å². The highest BCUT2D eigenvalue weighted by Gasteiger charge is 2.51. The van der Waals surface area contributed by atoms with E-state index in [-0.39, 0.29) is 29.2 Å². The summed E-state index contributed by atoms with van der Waals surface area (Å²) >= 11 is 6.66. The van der Waals surface area contributed by atoms with Crippen LogP contribution >= 0.6 is 11.6 Å². The van der Waals surface area contributed by atoms with E-state index in [1.54, 1.807) is 19.3 Å². The molecule has 1 aliphatic carbocycles. The summed E-state index contributed by atoms with van der Waals surface area (Å²) in [6.45, 7) is 6.17. The van der Waals surface area contributed by atoms with Crippen LogP contribution in [0.2, 0.25) is 5.02 Å². The second-order valence-corrected chi connectivity index (χ2v) is 18.5. The van der Waals surface area contributed by atoms with Crippen molar-refractivity contribution in [3.63, 3.8) is 0 Å². The quantitative estimate of drug-likeness (QED) is 0.143. The van der Waals surface area contributed by atoms with E-state index >= 15 is 8.78 Å². The van der Waals surface area contributed by atoms with Crippen LogP contribution in [-0.4, -0.2) is 92.3 Å². The molecule has 0 spiro atoms. The number of aryl methyl sites for hydroxylation is 2. The zero-order chi connectivity index (χ0) is 43.0. The van der Waals surface area contributed by atoms with Crippen molar-refractivity contribution in [1.82, 2.24) is 34.5 Å². The molecule has 5 aliphatic rings. The van der Waals surface area contributed by atoms with Gasteiger partial charge in [-0.15, -0.1) is 0 Å². The number of pyridine rings is 1. The highest BCUT2D eigenvalue weighted by Crippen LogP contribution is 2.46. The molecule has 3 saturated heterocycles. The summed E-state index contributed by atoms with van der Waals surface area (Å²) in [6.07, 6.45) is 6.97. The van der Waals surface area contributed by atoms with Gasteiger partial charge < -0.3 is 29.7 Å². The molecule has 0 bridgehead atoms. The number of aromatic nitrogens is 5. The number of rotatable bonds is 8. The van der Waals surface area contributed by atoms with Crippen LogP contribution in [-0.2, 0) is 23.7 Å². The third-order valence-electron chi connectivity index (χ3n) is 14.0. The fourth-order valence-corrected chi connectivity index (χ4v) is 10.4. The van der Waals surface area contributed by atoms with Gasteiger partial charge in [0.15, 0.2) is 12.4 Å². The van der Waals surface area contributed by atoms with E-state index in [1.807, 2.05) is 23.9 Å². The van der Waals surface area contributed by atoms with Crippen LogP contribution in [0.15, 0.2) is 47.4 Å². The fraction of sp³-hybridized carbons (Fsp3) is 0.511. The molecule has 4 atom stereocenters. The van der Waals surface area contributed by atoms with Crippen molar-refractivity contribution in [3.05, 3.63) is 69.2 Å². The van der Waals surface area contributed by atoms with Crippen LogP contribution in [0.1, 0.15) is 75.0 Å². The lowest BCUT2D eigenvalue weighted by atomic mass is 9.84. The fourth-order valence-electron chi connectivity index (χ4n) is 10.2. The molecule has 3 N–H and O–H groups in total. The van der Waals surface area contributed by atoms with Crippen molar-refractivity contribution >= 4 is 68.4 Å². The number of likely N-dealkylation sites (tertiary alicyclic amines) is 1. The van der Waals surface area contributed by atoms with Gasteiger partial charge in [-0.1, -0.05) is 30.7 Å². The number of imide groups is 1. The van der Waals surface area contributed by atoms with E-state index in [2.05, 4.69) is 55.9 Å². The van der Waals surface area contributed by atoms with Gasteiger partial charge in [-0.25, -0.2) is 13.8 Å². The number of anilines is 4. The Bertz CT molecular complexity index is 2660. The molecule has 62 heavy (non-hydrogen) atoms. The minimum atomic E-state index is -3.13. The number of alkyl halides is 2. The largest absolute Gasteiger partial charge is 0.480 e. The van der Waals surface area contributed by atoms with Crippen molar-refractivity contribution in [2.24, 2.45) is 31.8 Å². The normalized spacial score (nSPS) is 24.6. The molecular formula is C45H51ClF2N10O4. The summed E-state index contributed by atoms with van der Waals surface area (Å²) in [5.74, 6) is -1.92. The Kier molecular flexibility index (Phi) is 10.4. The van der Waals surface area contributed by atoms with E-state index < -0.39 is 30.0 Å². The Balaban J connectivity index is 0.777. The first-order chi connectivity index (χ1) is 29.8. The standard InChI is InChI=1S/C45H51ClF2N10O4/c1-24-21-58(17-14-28(24)22-57-15-12-25(13-16-57)27-6-8-30-35(18-27)56(3)54-37(30)31-9-11-36(59)51-42(31)60)44-49-20-33(46)41(53-44)50-29-7-10-34-32(19-29)38-39(43(61)55(34)2)62-23-45(47,48)40(52-38)26-4-5-26/h6-8,10,18-20,24-26,28,31,40,52H,4-5,9,11-17,21-23H2,1-3H3,(H,49,50,53)(H,51,59,60)/t24-,28+,31?,40?/m1/s1. The molecule has 1 saturated carbocycles. The van der Waals surface area contributed by atoms with Gasteiger partial charge in [0, 0.05) is 56.6 Å². The molecular weight excluding hydrogens is 818 g/mol. The number of benzene rings is 2. The van der Waals surface area contributed by atoms with Gasteiger partial charge in [0.2, 0.25) is 23.5 Å². The number of amides is 2. The van der Waals surface area contributed by atoms with Crippen molar-refractivity contribution in [2.45, 2.75) is 75.7 Å². The molecule has 2 unspecified atom stereocenters. The Morgan fingerprint density at radius 2 is 1.77 bits per heavy atom. The average molecular weight is 869 g/mol. The Labute approximate surface area is 362 Å². The predicted octanol–water partition coefficient (Wildman–Crippen LogP) is 6.69. The number of ether oxygens (including phenoxy) is 1. The number of fused-ring (bicyclic) bond motifs is 4. The number of nitrogens with zero attached hydrogens (tertiary/aromatic N) is 7. The van der Waals surface area contributed by atoms with E-state index in [4.69, 9.17) is 26.4 Å². The number of carbonyl (C=O) groups excluding carboxylic acids is 2. The van der Waals surface area contributed by atoms with Crippen molar-refractivity contribution < 1.29 is 23.1 Å². The highest BCUT2D eigenvalue weighted by atomic mass is 35.5. The number of hydrogen-bond donors (Lipinski definition) is 3. The summed E-state index contributed by atoms with van der Waals surface area (Å²) in [4.78, 5) is 51.9. The molecule has 4 fully saturated rings. The van der Waals surface area contributed by atoms with Crippen LogP contribution in [0.3, 0.4) is 0 Å². The first kappa shape index (κ1) is 40.7. The van der Waals surface area contributed by atoms with E-state index in [1.165, 1.54) is 10.1 Å². The minimum Gasteiger partial charge on any atom is -0.480 e.